The number of nitrogens with one attached hydrogen (secondary N) is 2. The number of fused-ring (bicyclic) bond motifs is 1. The number of anilines is 1. The van der Waals surface area contributed by atoms with Crippen molar-refractivity contribution in [2.45, 2.75) is 89.0 Å². The van der Waals surface area contributed by atoms with Gasteiger partial charge in [0, 0.05) is 23.3 Å². The first kappa shape index (κ1) is 28.7. The molecular weight excluding hydrogens is 540 g/mol. The van der Waals surface area contributed by atoms with Crippen molar-refractivity contribution >= 4 is 35.0 Å². The van der Waals surface area contributed by atoms with Crippen LogP contribution in [-0.4, -0.2) is 77.5 Å². The van der Waals surface area contributed by atoms with Crippen LogP contribution in [0.25, 0.3) is 0 Å². The highest BCUT2D eigenvalue weighted by Gasteiger charge is 2.72. The average molecular weight is 583 g/mol. The third-order valence-corrected chi connectivity index (χ3v) is 10.5. The zero-order chi connectivity index (χ0) is 28.7. The molecule has 3 amide bonds. The van der Waals surface area contributed by atoms with Crippen molar-refractivity contribution in [1.29, 1.82) is 0 Å². The molecule has 4 heterocycles. The molecule has 1 aliphatic carbocycles. The van der Waals surface area contributed by atoms with Crippen molar-refractivity contribution in [2.24, 2.45) is 17.8 Å². The normalized spacial score (nSPS) is 32.0. The van der Waals surface area contributed by atoms with Crippen LogP contribution < -0.4 is 10.6 Å². The molecule has 4 aliphatic heterocycles. The molecule has 2 N–H and O–H groups in total. The fourth-order valence-electron chi connectivity index (χ4n) is 7.68. The lowest BCUT2D eigenvalue weighted by Gasteiger charge is -2.35. The van der Waals surface area contributed by atoms with Crippen LogP contribution in [0.5, 0.6) is 0 Å². The van der Waals surface area contributed by atoms with E-state index in [9.17, 15) is 14.4 Å². The van der Waals surface area contributed by atoms with Gasteiger partial charge in [-0.2, -0.15) is 0 Å². The first-order chi connectivity index (χ1) is 19.8. The summed E-state index contributed by atoms with van der Waals surface area (Å²) in [7, 11) is 0. The molecule has 1 aromatic carbocycles. The molecule has 3 unspecified atom stereocenters. The Morgan fingerprint density at radius 3 is 2.56 bits per heavy atom. The van der Waals surface area contributed by atoms with E-state index in [2.05, 4.69) is 22.5 Å². The Morgan fingerprint density at radius 2 is 1.83 bits per heavy atom. The molecule has 5 atom stereocenters. The van der Waals surface area contributed by atoms with Crippen LogP contribution in [-0.2, 0) is 19.1 Å². The summed E-state index contributed by atoms with van der Waals surface area (Å²) in [5, 5.41) is 6.80. The molecule has 222 valence electrons. The van der Waals surface area contributed by atoms with Gasteiger partial charge in [-0.15, -0.1) is 0 Å². The summed E-state index contributed by atoms with van der Waals surface area (Å²) in [4.78, 5) is 46.0. The minimum Gasteiger partial charge on any atom is -0.359 e. The van der Waals surface area contributed by atoms with E-state index in [0.29, 0.717) is 17.3 Å². The Kier molecular flexibility index (Phi) is 8.18. The topological polar surface area (TPSA) is 91.0 Å². The standard InChI is InChI=1S/C32H43ClN4O4/c1-20-12-17-36(18-13-20)15-6-16-37-28(30(39)34-22-7-4-3-5-8-22)32-14-11-25(41-32)26(27(32)31(37)40)29(38)35-23-10-9-21(2)24(33)19-23/h9-11,14,19-20,22,25-28H,3-8,12-13,15-18H2,1-2H3,(H,34,39)(H,35,38)/t25-,26?,27-,28?,32?/m0/s1. The van der Waals surface area contributed by atoms with E-state index in [4.69, 9.17) is 16.3 Å². The Bertz CT molecular complexity index is 1210. The molecule has 2 bridgehead atoms. The number of carbonyl (C=O) groups excluding carboxylic acids is 3. The second-order valence-corrected chi connectivity index (χ2v) is 13.3. The average Bonchev–Trinajstić information content (AvgIpc) is 3.60. The lowest BCUT2D eigenvalue weighted by atomic mass is 9.74. The van der Waals surface area contributed by atoms with E-state index in [1.165, 1.54) is 19.3 Å². The van der Waals surface area contributed by atoms with Crippen molar-refractivity contribution in [1.82, 2.24) is 15.1 Å². The number of aryl methyl sites for hydroxylation is 1. The van der Waals surface area contributed by atoms with Gasteiger partial charge in [0.05, 0.1) is 17.9 Å². The van der Waals surface area contributed by atoms with Gasteiger partial charge in [-0.1, -0.05) is 56.0 Å². The summed E-state index contributed by atoms with van der Waals surface area (Å²) in [6, 6.07) is 4.72. The second kappa shape index (κ2) is 11.7. The number of hydrogen-bond donors (Lipinski definition) is 2. The van der Waals surface area contributed by atoms with Gasteiger partial charge in [-0.25, -0.2) is 0 Å². The van der Waals surface area contributed by atoms with Crippen molar-refractivity contribution in [2.75, 3.05) is 31.5 Å². The maximum Gasteiger partial charge on any atom is 0.246 e. The largest absolute Gasteiger partial charge is 0.359 e. The van der Waals surface area contributed by atoms with E-state index < -0.39 is 29.6 Å². The highest BCUT2D eigenvalue weighted by Crippen LogP contribution is 2.55. The van der Waals surface area contributed by atoms with Gasteiger partial charge in [0.15, 0.2) is 0 Å². The molecule has 0 radical (unpaired) electrons. The molecule has 41 heavy (non-hydrogen) atoms. The van der Waals surface area contributed by atoms with Gasteiger partial charge in [-0.3, -0.25) is 14.4 Å². The Hall–Kier alpha value is -2.42. The van der Waals surface area contributed by atoms with Gasteiger partial charge in [0.2, 0.25) is 17.7 Å². The highest BCUT2D eigenvalue weighted by molar-refractivity contribution is 6.31. The SMILES string of the molecule is Cc1ccc(NC(=O)C2[C@@H]3C=CC4(O3)C(C(=O)NC3CCCCC3)N(CCCN3CCC(C)CC3)C(=O)[C@H]24)cc1Cl. The summed E-state index contributed by atoms with van der Waals surface area (Å²) in [6.45, 7) is 7.72. The molecule has 5 aliphatic rings. The highest BCUT2D eigenvalue weighted by atomic mass is 35.5. The number of amides is 3. The van der Waals surface area contributed by atoms with Crippen molar-refractivity contribution in [3.63, 3.8) is 0 Å². The van der Waals surface area contributed by atoms with Crippen molar-refractivity contribution < 1.29 is 19.1 Å². The zero-order valence-corrected chi connectivity index (χ0v) is 25.0. The molecular formula is C32H43ClN4O4. The number of hydrogen-bond acceptors (Lipinski definition) is 5. The van der Waals surface area contributed by atoms with Gasteiger partial charge >= 0.3 is 0 Å². The van der Waals surface area contributed by atoms with E-state index in [1.807, 2.05) is 31.2 Å². The predicted molar refractivity (Wildman–Crippen MR) is 159 cm³/mol. The third-order valence-electron chi connectivity index (χ3n) is 10.1. The molecule has 0 aromatic heterocycles. The van der Waals surface area contributed by atoms with Crippen molar-refractivity contribution in [3.8, 4) is 0 Å². The molecule has 6 rings (SSSR count). The van der Waals surface area contributed by atoms with E-state index in [1.54, 1.807) is 11.0 Å². The monoisotopic (exact) mass is 582 g/mol. The first-order valence-electron chi connectivity index (χ1n) is 15.5. The quantitative estimate of drug-likeness (QED) is 0.446. The lowest BCUT2D eigenvalue weighted by Crippen LogP contribution is -2.56. The number of rotatable bonds is 8. The lowest BCUT2D eigenvalue weighted by molar-refractivity contribution is -0.141. The molecule has 1 spiro atoms. The van der Waals surface area contributed by atoms with Gasteiger partial charge in [0.1, 0.15) is 11.6 Å². The molecule has 9 heteroatoms. The Labute approximate surface area is 248 Å². The van der Waals surface area contributed by atoms with Crippen molar-refractivity contribution in [3.05, 3.63) is 40.9 Å². The van der Waals surface area contributed by atoms with E-state index in [0.717, 1.165) is 63.2 Å². The predicted octanol–water partition coefficient (Wildman–Crippen LogP) is 4.31. The van der Waals surface area contributed by atoms with Crippen LogP contribution in [0.3, 0.4) is 0 Å². The fraction of sp³-hybridized carbons (Fsp3) is 0.656. The summed E-state index contributed by atoms with van der Waals surface area (Å²) < 4.78 is 6.50. The number of ether oxygens (including phenoxy) is 1. The molecule has 8 nitrogen and oxygen atoms in total. The number of benzene rings is 1. The Morgan fingerprint density at radius 1 is 1.07 bits per heavy atom. The summed E-state index contributed by atoms with van der Waals surface area (Å²) in [5.74, 6) is -1.29. The van der Waals surface area contributed by atoms with Gasteiger partial charge < -0.3 is 25.2 Å². The van der Waals surface area contributed by atoms with Crippen LogP contribution in [0.4, 0.5) is 5.69 Å². The minimum atomic E-state index is -1.13. The maximum absolute atomic E-state index is 14.2. The summed E-state index contributed by atoms with van der Waals surface area (Å²) >= 11 is 6.30. The molecule has 1 aromatic rings. The second-order valence-electron chi connectivity index (χ2n) is 12.9. The van der Waals surface area contributed by atoms with Crippen LogP contribution >= 0.6 is 11.6 Å². The smallest absolute Gasteiger partial charge is 0.246 e. The van der Waals surface area contributed by atoms with Crippen LogP contribution in [0.15, 0.2) is 30.4 Å². The van der Waals surface area contributed by atoms with Crippen LogP contribution in [0, 0.1) is 24.7 Å². The number of likely N-dealkylation sites (tertiary alicyclic amines) is 2. The summed E-state index contributed by atoms with van der Waals surface area (Å²) in [6.07, 6.45) is 11.7. The zero-order valence-electron chi connectivity index (χ0n) is 24.2. The molecule has 4 fully saturated rings. The third kappa shape index (κ3) is 5.43. The minimum absolute atomic E-state index is 0.118. The fourth-order valence-corrected chi connectivity index (χ4v) is 7.86. The molecule has 3 saturated heterocycles. The van der Waals surface area contributed by atoms with Crippen LogP contribution in [0.1, 0.15) is 63.9 Å². The number of carbonyl (C=O) groups is 3. The summed E-state index contributed by atoms with van der Waals surface area (Å²) in [5.41, 5.74) is 0.368. The van der Waals surface area contributed by atoms with Gasteiger partial charge in [-0.05, 0) is 82.3 Å². The Balaban J connectivity index is 1.23. The maximum atomic E-state index is 14.2. The first-order valence-corrected chi connectivity index (χ1v) is 15.9. The van der Waals surface area contributed by atoms with E-state index >= 15 is 0 Å². The van der Waals surface area contributed by atoms with E-state index in [-0.39, 0.29) is 23.8 Å². The number of piperidine rings is 1. The molecule has 1 saturated carbocycles. The van der Waals surface area contributed by atoms with Crippen LogP contribution in [0.2, 0.25) is 5.02 Å². The number of nitrogens with zero attached hydrogens (tertiary/aromatic N) is 2. The van der Waals surface area contributed by atoms with Gasteiger partial charge in [0.25, 0.3) is 0 Å². The number of halogens is 1.